The van der Waals surface area contributed by atoms with Gasteiger partial charge in [0.25, 0.3) is 10.0 Å². The Hall–Kier alpha value is -1.78. The number of amides is 1. The van der Waals surface area contributed by atoms with Crippen molar-refractivity contribution >= 4 is 27.3 Å². The molecule has 10 heteroatoms. The normalized spacial score (nSPS) is 11.7. The van der Waals surface area contributed by atoms with Crippen LogP contribution in [0.4, 0.5) is 0 Å². The Kier molecular flexibility index (Phi) is 5.04. The maximum atomic E-state index is 12.1. The van der Waals surface area contributed by atoms with Crippen LogP contribution in [0.1, 0.15) is 5.82 Å². The van der Waals surface area contributed by atoms with Gasteiger partial charge < -0.3 is 5.32 Å². The number of carbonyl (C=O) groups is 1. The van der Waals surface area contributed by atoms with Crippen LogP contribution in [-0.4, -0.2) is 53.9 Å². The van der Waals surface area contributed by atoms with Gasteiger partial charge in [-0.3, -0.25) is 9.89 Å². The van der Waals surface area contributed by atoms with Crippen LogP contribution < -0.4 is 5.32 Å². The van der Waals surface area contributed by atoms with E-state index in [1.165, 1.54) is 19.4 Å². The van der Waals surface area contributed by atoms with Crippen molar-refractivity contribution in [1.82, 2.24) is 24.8 Å². The molecule has 0 bridgehead atoms. The third kappa shape index (κ3) is 4.09. The predicted octanol–water partition coefficient (Wildman–Crippen LogP) is -0.154. The maximum absolute atomic E-state index is 12.1. The highest BCUT2D eigenvalue weighted by atomic mass is 32.2. The first kappa shape index (κ1) is 15.6. The summed E-state index contributed by atoms with van der Waals surface area (Å²) < 4.78 is 25.5. The molecule has 0 radical (unpaired) electrons. The molecule has 0 saturated carbocycles. The van der Waals surface area contributed by atoms with Crippen molar-refractivity contribution < 1.29 is 13.2 Å². The molecule has 0 aliphatic heterocycles. The molecule has 114 valence electrons. The number of hydrogen-bond donors (Lipinski definition) is 2. The minimum Gasteiger partial charge on any atom is -0.355 e. The van der Waals surface area contributed by atoms with Gasteiger partial charge >= 0.3 is 0 Å². The molecule has 0 saturated heterocycles. The molecule has 2 aromatic rings. The molecule has 0 atom stereocenters. The number of hydrogen-bond acceptors (Lipinski definition) is 6. The number of rotatable bonds is 7. The lowest BCUT2D eigenvalue weighted by atomic mass is 10.4. The number of aromatic nitrogens is 3. The molecule has 2 N–H and O–H groups in total. The summed E-state index contributed by atoms with van der Waals surface area (Å²) in [6.45, 7) is 0.136. The summed E-state index contributed by atoms with van der Waals surface area (Å²) in [6, 6.07) is 3.17. The van der Waals surface area contributed by atoms with Crippen molar-refractivity contribution in [2.45, 2.75) is 10.6 Å². The zero-order chi connectivity index (χ0) is 15.3. The lowest BCUT2D eigenvalue weighted by molar-refractivity contribution is -0.121. The largest absolute Gasteiger partial charge is 0.355 e. The van der Waals surface area contributed by atoms with Gasteiger partial charge in [-0.2, -0.15) is 9.40 Å². The van der Waals surface area contributed by atoms with E-state index in [1.54, 1.807) is 11.4 Å². The van der Waals surface area contributed by atoms with E-state index < -0.39 is 10.0 Å². The van der Waals surface area contributed by atoms with Crippen molar-refractivity contribution in [1.29, 1.82) is 0 Å². The number of aromatic amines is 1. The van der Waals surface area contributed by atoms with E-state index in [-0.39, 0.29) is 16.7 Å². The van der Waals surface area contributed by atoms with Gasteiger partial charge in [0.1, 0.15) is 16.4 Å². The number of H-pyrrole nitrogens is 1. The Labute approximate surface area is 126 Å². The maximum Gasteiger partial charge on any atom is 0.252 e. The second kappa shape index (κ2) is 6.78. The van der Waals surface area contributed by atoms with Crippen molar-refractivity contribution in [2.75, 3.05) is 20.1 Å². The summed E-state index contributed by atoms with van der Waals surface area (Å²) in [5.41, 5.74) is 0. The molecule has 2 aromatic heterocycles. The van der Waals surface area contributed by atoms with E-state index in [2.05, 4.69) is 20.5 Å². The molecule has 0 unspecified atom stereocenters. The van der Waals surface area contributed by atoms with E-state index in [9.17, 15) is 13.2 Å². The van der Waals surface area contributed by atoms with Crippen LogP contribution in [0.5, 0.6) is 0 Å². The second-order valence-corrected chi connectivity index (χ2v) is 7.44. The number of carbonyl (C=O) groups excluding carboxylic acids is 1. The van der Waals surface area contributed by atoms with E-state index in [4.69, 9.17) is 0 Å². The summed E-state index contributed by atoms with van der Waals surface area (Å²) in [5.74, 6) is 0.298. The van der Waals surface area contributed by atoms with Crippen LogP contribution >= 0.6 is 11.3 Å². The van der Waals surface area contributed by atoms with Crippen LogP contribution in [0.15, 0.2) is 28.0 Å². The highest BCUT2D eigenvalue weighted by molar-refractivity contribution is 7.91. The molecule has 0 aromatic carbocycles. The third-order valence-corrected chi connectivity index (χ3v) is 5.85. The van der Waals surface area contributed by atoms with Gasteiger partial charge in [-0.15, -0.1) is 11.3 Å². The molecule has 2 heterocycles. The first-order chi connectivity index (χ1) is 10.00. The Morgan fingerprint density at radius 1 is 1.52 bits per heavy atom. The quantitative estimate of drug-likeness (QED) is 0.734. The fourth-order valence-electron chi connectivity index (χ4n) is 1.58. The third-order valence-electron chi connectivity index (χ3n) is 2.67. The molecule has 0 aliphatic rings. The summed E-state index contributed by atoms with van der Waals surface area (Å²) >= 11 is 1.12. The zero-order valence-corrected chi connectivity index (χ0v) is 12.9. The second-order valence-electron chi connectivity index (χ2n) is 4.23. The van der Waals surface area contributed by atoms with Crippen LogP contribution in [-0.2, 0) is 21.2 Å². The molecule has 2 rings (SSSR count). The lowest BCUT2D eigenvalue weighted by Gasteiger charge is -2.15. The Morgan fingerprint density at radius 2 is 2.33 bits per heavy atom. The lowest BCUT2D eigenvalue weighted by Crippen LogP contribution is -2.38. The Balaban J connectivity index is 1.82. The van der Waals surface area contributed by atoms with Gasteiger partial charge in [0.15, 0.2) is 0 Å². The molecule has 1 amide bonds. The fraction of sp³-hybridized carbons (Fsp3) is 0.364. The van der Waals surface area contributed by atoms with Gasteiger partial charge in [0.05, 0.1) is 6.54 Å². The van der Waals surface area contributed by atoms with Gasteiger partial charge in [-0.05, 0) is 11.4 Å². The van der Waals surface area contributed by atoms with Crippen LogP contribution in [0, 0.1) is 0 Å². The zero-order valence-electron chi connectivity index (χ0n) is 11.3. The van der Waals surface area contributed by atoms with E-state index >= 15 is 0 Å². The average molecular weight is 329 g/mol. The van der Waals surface area contributed by atoms with Gasteiger partial charge in [0, 0.05) is 20.0 Å². The van der Waals surface area contributed by atoms with Gasteiger partial charge in [0.2, 0.25) is 5.91 Å². The van der Waals surface area contributed by atoms with Crippen LogP contribution in [0.2, 0.25) is 0 Å². The minimum atomic E-state index is -3.60. The Bertz CT molecular complexity index is 667. The molecule has 8 nitrogen and oxygen atoms in total. The smallest absolute Gasteiger partial charge is 0.252 e. The number of nitrogens with one attached hydrogen (secondary N) is 2. The van der Waals surface area contributed by atoms with Crippen LogP contribution in [0.25, 0.3) is 0 Å². The van der Waals surface area contributed by atoms with Crippen molar-refractivity contribution in [3.63, 3.8) is 0 Å². The first-order valence-corrected chi connectivity index (χ1v) is 8.43. The monoisotopic (exact) mass is 329 g/mol. The first-order valence-electron chi connectivity index (χ1n) is 6.11. The SMILES string of the molecule is CN(CC(=O)NCCc1ncn[nH]1)S(=O)(=O)c1cccs1. The number of sulfonamides is 1. The summed E-state index contributed by atoms with van der Waals surface area (Å²) in [4.78, 5) is 15.7. The molecular formula is C11H15N5O3S2. The minimum absolute atomic E-state index is 0.222. The number of thiophene rings is 1. The molecule has 0 fully saturated rings. The fourth-order valence-corrected chi connectivity index (χ4v) is 3.91. The van der Waals surface area contributed by atoms with Crippen molar-refractivity contribution in [3.05, 3.63) is 29.7 Å². The highest BCUT2D eigenvalue weighted by Gasteiger charge is 2.23. The van der Waals surface area contributed by atoms with E-state index in [0.717, 1.165) is 15.6 Å². The molecule has 21 heavy (non-hydrogen) atoms. The summed E-state index contributed by atoms with van der Waals surface area (Å²) in [7, 11) is -2.22. The highest BCUT2D eigenvalue weighted by Crippen LogP contribution is 2.19. The standard InChI is InChI=1S/C11H15N5O3S2/c1-16(21(18,19)11-3-2-6-20-11)7-10(17)12-5-4-9-13-8-14-15-9/h2-3,6,8H,4-5,7H2,1H3,(H,12,17)(H,13,14,15). The number of nitrogens with zero attached hydrogens (tertiary/aromatic N) is 3. The summed E-state index contributed by atoms with van der Waals surface area (Å²) in [6.07, 6.45) is 1.89. The van der Waals surface area contributed by atoms with Crippen LogP contribution in [0.3, 0.4) is 0 Å². The molecular weight excluding hydrogens is 314 g/mol. The number of likely N-dealkylation sites (N-methyl/N-ethyl adjacent to an activating group) is 1. The molecule has 0 spiro atoms. The van der Waals surface area contributed by atoms with Crippen molar-refractivity contribution in [3.8, 4) is 0 Å². The molecule has 0 aliphatic carbocycles. The van der Waals surface area contributed by atoms with E-state index in [1.807, 2.05) is 0 Å². The Morgan fingerprint density at radius 3 is 2.95 bits per heavy atom. The predicted molar refractivity (Wildman–Crippen MR) is 77.2 cm³/mol. The van der Waals surface area contributed by atoms with Gasteiger partial charge in [-0.1, -0.05) is 6.07 Å². The van der Waals surface area contributed by atoms with E-state index in [0.29, 0.717) is 18.8 Å². The summed E-state index contributed by atoms with van der Waals surface area (Å²) in [5, 5.41) is 10.7. The average Bonchev–Trinajstić information content (AvgIpc) is 3.12. The van der Waals surface area contributed by atoms with Crippen molar-refractivity contribution in [2.24, 2.45) is 0 Å². The topological polar surface area (TPSA) is 108 Å². The van der Waals surface area contributed by atoms with Gasteiger partial charge in [-0.25, -0.2) is 13.4 Å².